The van der Waals surface area contributed by atoms with Crippen molar-refractivity contribution in [2.24, 2.45) is 5.10 Å². The van der Waals surface area contributed by atoms with Gasteiger partial charge in [-0.3, -0.25) is 4.79 Å². The van der Waals surface area contributed by atoms with E-state index in [1.807, 2.05) is 18.2 Å². The van der Waals surface area contributed by atoms with Crippen molar-refractivity contribution in [1.29, 1.82) is 0 Å². The minimum atomic E-state index is -0.453. The molecule has 2 aromatic rings. The zero-order valence-electron chi connectivity index (χ0n) is 16.7. The topological polar surface area (TPSA) is 101 Å². The highest BCUT2D eigenvalue weighted by Gasteiger charge is 2.18. The van der Waals surface area contributed by atoms with Crippen molar-refractivity contribution < 1.29 is 23.8 Å². The average Bonchev–Trinajstić information content (AvgIpc) is 2.79. The second kappa shape index (κ2) is 10.8. The number of methoxy groups -OCH3 is 1. The maximum atomic E-state index is 12.2. The lowest BCUT2D eigenvalue weighted by atomic mass is 10.2. The Hall–Kier alpha value is -3.59. The van der Waals surface area contributed by atoms with E-state index in [2.05, 4.69) is 15.8 Å². The third-order valence-electron chi connectivity index (χ3n) is 4.31. The van der Waals surface area contributed by atoms with Crippen LogP contribution >= 0.6 is 0 Å². The Morgan fingerprint density at radius 1 is 1.13 bits per heavy atom. The monoisotopic (exact) mass is 412 g/mol. The Balaban J connectivity index is 1.52. The van der Waals surface area contributed by atoms with Crippen LogP contribution in [0.1, 0.15) is 5.56 Å². The fraction of sp³-hybridized carbons (Fsp3) is 0.286. The molecule has 0 saturated carbocycles. The molecule has 1 aliphatic rings. The Morgan fingerprint density at radius 3 is 2.63 bits per heavy atom. The first-order valence-electron chi connectivity index (χ1n) is 9.47. The van der Waals surface area contributed by atoms with Gasteiger partial charge in [-0.2, -0.15) is 5.10 Å². The van der Waals surface area contributed by atoms with E-state index in [1.165, 1.54) is 13.3 Å². The van der Waals surface area contributed by atoms with Crippen LogP contribution in [0.3, 0.4) is 0 Å². The molecular formula is C21H24N4O5. The molecule has 3 amide bonds. The summed E-state index contributed by atoms with van der Waals surface area (Å²) in [6, 6.07) is 13.7. The highest BCUT2D eigenvalue weighted by Crippen LogP contribution is 2.27. The predicted molar refractivity (Wildman–Crippen MR) is 112 cm³/mol. The van der Waals surface area contributed by atoms with Gasteiger partial charge in [0.05, 0.1) is 26.5 Å². The number of morpholine rings is 1. The number of nitrogens with zero attached hydrogens (tertiary/aromatic N) is 2. The Morgan fingerprint density at radius 2 is 1.90 bits per heavy atom. The van der Waals surface area contributed by atoms with Crippen molar-refractivity contribution in [3.63, 3.8) is 0 Å². The number of hydrogen-bond acceptors (Lipinski definition) is 6. The predicted octanol–water partition coefficient (Wildman–Crippen LogP) is 2.09. The maximum absolute atomic E-state index is 12.2. The summed E-state index contributed by atoms with van der Waals surface area (Å²) < 4.78 is 16.2. The van der Waals surface area contributed by atoms with Gasteiger partial charge in [0.1, 0.15) is 0 Å². The lowest BCUT2D eigenvalue weighted by Crippen LogP contribution is -2.43. The maximum Gasteiger partial charge on any atom is 0.339 e. The van der Waals surface area contributed by atoms with Gasteiger partial charge in [-0.25, -0.2) is 10.2 Å². The molecule has 1 aliphatic heterocycles. The molecule has 0 spiro atoms. The van der Waals surface area contributed by atoms with Crippen LogP contribution in [0.15, 0.2) is 53.6 Å². The molecule has 9 heteroatoms. The van der Waals surface area contributed by atoms with Crippen molar-refractivity contribution in [1.82, 2.24) is 10.3 Å². The fourth-order valence-electron chi connectivity index (χ4n) is 2.77. The van der Waals surface area contributed by atoms with Crippen LogP contribution < -0.4 is 20.2 Å². The van der Waals surface area contributed by atoms with Crippen LogP contribution in [0.25, 0.3) is 0 Å². The van der Waals surface area contributed by atoms with E-state index in [-0.39, 0.29) is 12.5 Å². The summed E-state index contributed by atoms with van der Waals surface area (Å²) in [5.74, 6) is 0.813. The molecule has 9 nitrogen and oxygen atoms in total. The number of ether oxygens (including phenoxy) is 3. The van der Waals surface area contributed by atoms with Crippen LogP contribution in [0.4, 0.5) is 10.5 Å². The number of rotatable bonds is 7. The summed E-state index contributed by atoms with van der Waals surface area (Å²) in [5.41, 5.74) is 3.76. The number of anilines is 1. The quantitative estimate of drug-likeness (QED) is 0.536. The lowest BCUT2D eigenvalue weighted by Gasteiger charge is -2.26. The zero-order valence-corrected chi connectivity index (χ0v) is 16.7. The molecule has 0 atom stereocenters. The van der Waals surface area contributed by atoms with Gasteiger partial charge in [-0.1, -0.05) is 18.2 Å². The number of para-hydroxylation sites is 1. The van der Waals surface area contributed by atoms with Crippen LogP contribution in [-0.4, -0.2) is 63.1 Å². The molecule has 2 N–H and O–H groups in total. The highest BCUT2D eigenvalue weighted by atomic mass is 16.5. The van der Waals surface area contributed by atoms with Gasteiger partial charge >= 0.3 is 6.03 Å². The number of amides is 3. The number of nitrogens with one attached hydrogen (secondary N) is 2. The molecule has 0 radical (unpaired) electrons. The van der Waals surface area contributed by atoms with Crippen molar-refractivity contribution in [2.45, 2.75) is 0 Å². The molecule has 1 heterocycles. The second-order valence-corrected chi connectivity index (χ2v) is 6.38. The largest absolute Gasteiger partial charge is 0.493 e. The third-order valence-corrected chi connectivity index (χ3v) is 4.31. The van der Waals surface area contributed by atoms with Crippen LogP contribution in [0.2, 0.25) is 0 Å². The van der Waals surface area contributed by atoms with E-state index < -0.39 is 6.03 Å². The molecule has 0 bridgehead atoms. The summed E-state index contributed by atoms with van der Waals surface area (Å²) in [7, 11) is 1.51. The standard InChI is InChI=1S/C21H24N4O5/c1-28-19-13-16(14-22-24-21(27)23-17-5-3-2-4-6-17)7-8-18(19)30-15-20(26)25-9-11-29-12-10-25/h2-8,13-14H,9-12,15H2,1H3,(H2,23,24,27)/b22-14+. The van der Waals surface area contributed by atoms with Crippen molar-refractivity contribution >= 4 is 23.8 Å². The van der Waals surface area contributed by atoms with Gasteiger partial charge in [-0.15, -0.1) is 0 Å². The first kappa shape index (κ1) is 21.1. The van der Waals surface area contributed by atoms with Crippen LogP contribution in [0.5, 0.6) is 11.5 Å². The molecule has 158 valence electrons. The second-order valence-electron chi connectivity index (χ2n) is 6.38. The molecular weight excluding hydrogens is 388 g/mol. The van der Waals surface area contributed by atoms with Crippen LogP contribution in [-0.2, 0) is 9.53 Å². The molecule has 30 heavy (non-hydrogen) atoms. The number of urea groups is 1. The van der Waals surface area contributed by atoms with Crippen LogP contribution in [0, 0.1) is 0 Å². The van der Waals surface area contributed by atoms with Gasteiger partial charge in [0, 0.05) is 18.8 Å². The van der Waals surface area contributed by atoms with Crippen molar-refractivity contribution in [3.05, 3.63) is 54.1 Å². The lowest BCUT2D eigenvalue weighted by molar-refractivity contribution is -0.137. The molecule has 1 fully saturated rings. The van der Waals surface area contributed by atoms with E-state index in [0.717, 1.165) is 0 Å². The van der Waals surface area contributed by atoms with E-state index in [4.69, 9.17) is 14.2 Å². The van der Waals surface area contributed by atoms with Gasteiger partial charge in [0.15, 0.2) is 18.1 Å². The van der Waals surface area contributed by atoms with Gasteiger partial charge in [-0.05, 0) is 35.9 Å². The molecule has 2 aromatic carbocycles. The Kier molecular flexibility index (Phi) is 7.62. The minimum Gasteiger partial charge on any atom is -0.493 e. The average molecular weight is 412 g/mol. The van der Waals surface area contributed by atoms with E-state index in [1.54, 1.807) is 35.2 Å². The summed E-state index contributed by atoms with van der Waals surface area (Å²) >= 11 is 0. The van der Waals surface area contributed by atoms with Gasteiger partial charge in [0.2, 0.25) is 0 Å². The van der Waals surface area contributed by atoms with E-state index in [9.17, 15) is 9.59 Å². The van der Waals surface area contributed by atoms with Crippen molar-refractivity contribution in [3.8, 4) is 11.5 Å². The van der Waals surface area contributed by atoms with Gasteiger partial charge < -0.3 is 24.4 Å². The number of carbonyl (C=O) groups is 2. The number of hydrogen-bond donors (Lipinski definition) is 2. The normalized spacial score (nSPS) is 13.7. The molecule has 0 unspecified atom stereocenters. The summed E-state index contributed by atoms with van der Waals surface area (Å²) in [4.78, 5) is 25.8. The molecule has 0 aliphatic carbocycles. The first-order chi connectivity index (χ1) is 14.7. The fourth-order valence-corrected chi connectivity index (χ4v) is 2.77. The van der Waals surface area contributed by atoms with E-state index >= 15 is 0 Å². The third kappa shape index (κ3) is 6.21. The Bertz CT molecular complexity index is 882. The zero-order chi connectivity index (χ0) is 21.2. The molecule has 3 rings (SSSR count). The number of benzene rings is 2. The SMILES string of the molecule is COc1cc(/C=N/NC(=O)Nc2ccccc2)ccc1OCC(=O)N1CCOCC1. The highest BCUT2D eigenvalue weighted by molar-refractivity contribution is 5.90. The molecule has 0 aromatic heterocycles. The van der Waals surface area contributed by atoms with E-state index in [0.29, 0.717) is 49.1 Å². The molecule has 1 saturated heterocycles. The van der Waals surface area contributed by atoms with Gasteiger partial charge in [0.25, 0.3) is 5.91 Å². The van der Waals surface area contributed by atoms with Crippen molar-refractivity contribution in [2.75, 3.05) is 45.3 Å². The first-order valence-corrected chi connectivity index (χ1v) is 9.47. The minimum absolute atomic E-state index is 0.0784. The number of carbonyl (C=O) groups excluding carboxylic acids is 2. The number of hydrazone groups is 1. The summed E-state index contributed by atoms with van der Waals surface area (Å²) in [6.07, 6.45) is 1.48. The smallest absolute Gasteiger partial charge is 0.339 e. The summed E-state index contributed by atoms with van der Waals surface area (Å²) in [6.45, 7) is 2.14. The summed E-state index contributed by atoms with van der Waals surface area (Å²) in [5, 5.41) is 6.58. The Labute approximate surface area is 174 Å².